The Hall–Kier alpha value is -2.82. The molecule has 0 aliphatic rings. The van der Waals surface area contributed by atoms with Gasteiger partial charge in [0.25, 0.3) is 5.56 Å². The minimum atomic E-state index is -1.10. The number of benzene rings is 1. The van der Waals surface area contributed by atoms with Crippen molar-refractivity contribution in [3.05, 3.63) is 58.4 Å². The average Bonchev–Trinajstić information content (AvgIpc) is 2.46. The molecular weight excluding hydrogens is 258 g/mol. The largest absolute Gasteiger partial charge is 0.497 e. The minimum Gasteiger partial charge on any atom is -0.497 e. The van der Waals surface area contributed by atoms with E-state index in [4.69, 9.17) is 9.84 Å². The van der Waals surface area contributed by atoms with E-state index < -0.39 is 5.97 Å². The van der Waals surface area contributed by atoms with E-state index in [2.05, 4.69) is 4.98 Å². The van der Waals surface area contributed by atoms with Crippen molar-refractivity contribution >= 4 is 12.0 Å². The van der Waals surface area contributed by atoms with Gasteiger partial charge in [0, 0.05) is 22.9 Å². The van der Waals surface area contributed by atoms with Gasteiger partial charge in [0.15, 0.2) is 0 Å². The summed E-state index contributed by atoms with van der Waals surface area (Å²) in [4.78, 5) is 25.0. The van der Waals surface area contributed by atoms with Crippen LogP contribution in [0, 0.1) is 0 Å². The number of carboxylic acids is 1. The lowest BCUT2D eigenvalue weighted by Gasteiger charge is -2.05. The van der Waals surface area contributed by atoms with E-state index in [-0.39, 0.29) is 5.56 Å². The van der Waals surface area contributed by atoms with Gasteiger partial charge in [-0.25, -0.2) is 4.79 Å². The van der Waals surface area contributed by atoms with Crippen LogP contribution in [-0.4, -0.2) is 23.2 Å². The molecule has 2 rings (SSSR count). The molecule has 102 valence electrons. The van der Waals surface area contributed by atoms with E-state index in [1.54, 1.807) is 25.3 Å². The molecule has 1 heterocycles. The van der Waals surface area contributed by atoms with Crippen LogP contribution in [0.5, 0.6) is 5.75 Å². The number of H-pyrrole nitrogens is 1. The summed E-state index contributed by atoms with van der Waals surface area (Å²) in [6, 6.07) is 10.6. The van der Waals surface area contributed by atoms with Crippen molar-refractivity contribution in [2.24, 2.45) is 0 Å². The Morgan fingerprint density at radius 3 is 2.75 bits per heavy atom. The monoisotopic (exact) mass is 271 g/mol. The molecule has 0 unspecified atom stereocenters. The third kappa shape index (κ3) is 3.14. The van der Waals surface area contributed by atoms with Crippen LogP contribution in [0.1, 0.15) is 5.56 Å². The lowest BCUT2D eigenvalue weighted by molar-refractivity contribution is -0.131. The number of aromatic nitrogens is 1. The quantitative estimate of drug-likeness (QED) is 0.835. The molecule has 1 aromatic carbocycles. The van der Waals surface area contributed by atoms with E-state index in [0.29, 0.717) is 17.0 Å². The molecular formula is C15H13NO4. The molecule has 0 saturated heterocycles. The van der Waals surface area contributed by atoms with Gasteiger partial charge in [0.2, 0.25) is 0 Å². The molecule has 1 aromatic heterocycles. The Morgan fingerprint density at radius 1 is 1.30 bits per heavy atom. The molecule has 0 atom stereocenters. The predicted molar refractivity (Wildman–Crippen MR) is 75.7 cm³/mol. The van der Waals surface area contributed by atoms with Gasteiger partial charge in [-0.05, 0) is 30.3 Å². The number of carbonyl (C=O) groups is 1. The lowest BCUT2D eigenvalue weighted by atomic mass is 10.1. The Kier molecular flexibility index (Phi) is 4.00. The summed E-state index contributed by atoms with van der Waals surface area (Å²) in [5.74, 6) is -0.403. The number of methoxy groups -OCH3 is 1. The summed E-state index contributed by atoms with van der Waals surface area (Å²) in [6.45, 7) is 0. The van der Waals surface area contributed by atoms with Crippen molar-refractivity contribution in [1.29, 1.82) is 0 Å². The minimum absolute atomic E-state index is 0.291. The standard InChI is InChI=1S/C15H13NO4/c1-20-12-4-2-3-11(9-12)13-7-5-10(15(19)16-13)6-8-14(17)18/h2-9H,1H3,(H,16,19)(H,17,18)/b8-6+. The van der Waals surface area contributed by atoms with Crippen molar-refractivity contribution in [2.45, 2.75) is 0 Å². The van der Waals surface area contributed by atoms with Gasteiger partial charge in [-0.3, -0.25) is 4.79 Å². The highest BCUT2D eigenvalue weighted by Gasteiger charge is 2.03. The van der Waals surface area contributed by atoms with Crippen LogP contribution >= 0.6 is 0 Å². The van der Waals surface area contributed by atoms with Gasteiger partial charge in [0.05, 0.1) is 7.11 Å². The molecule has 0 aliphatic heterocycles. The van der Waals surface area contributed by atoms with Crippen molar-refractivity contribution in [1.82, 2.24) is 4.98 Å². The highest BCUT2D eigenvalue weighted by molar-refractivity contribution is 5.85. The second-order valence-electron chi connectivity index (χ2n) is 4.06. The highest BCUT2D eigenvalue weighted by Crippen LogP contribution is 2.21. The van der Waals surface area contributed by atoms with Crippen molar-refractivity contribution in [2.75, 3.05) is 7.11 Å². The van der Waals surface area contributed by atoms with Crippen LogP contribution in [0.4, 0.5) is 0 Å². The normalized spacial score (nSPS) is 10.7. The van der Waals surface area contributed by atoms with Gasteiger partial charge in [-0.15, -0.1) is 0 Å². The number of rotatable bonds is 4. The summed E-state index contributed by atoms with van der Waals surface area (Å²) < 4.78 is 5.13. The van der Waals surface area contributed by atoms with Crippen molar-refractivity contribution < 1.29 is 14.6 Å². The molecule has 0 aliphatic carbocycles. The van der Waals surface area contributed by atoms with Gasteiger partial charge >= 0.3 is 5.97 Å². The molecule has 5 nitrogen and oxygen atoms in total. The van der Waals surface area contributed by atoms with Crippen LogP contribution < -0.4 is 10.3 Å². The molecule has 0 saturated carbocycles. The fourth-order valence-electron chi connectivity index (χ4n) is 1.74. The summed E-state index contributed by atoms with van der Waals surface area (Å²) in [5, 5.41) is 8.54. The molecule has 5 heteroatoms. The summed E-state index contributed by atoms with van der Waals surface area (Å²) >= 11 is 0. The van der Waals surface area contributed by atoms with E-state index in [1.807, 2.05) is 18.2 Å². The number of carboxylic acid groups (broad SMARTS) is 1. The zero-order chi connectivity index (χ0) is 14.5. The first-order valence-corrected chi connectivity index (χ1v) is 5.89. The molecule has 2 N–H and O–H groups in total. The number of ether oxygens (including phenoxy) is 1. The maximum atomic E-state index is 11.8. The van der Waals surface area contributed by atoms with Gasteiger partial charge in [-0.2, -0.15) is 0 Å². The molecule has 0 fully saturated rings. The van der Waals surface area contributed by atoms with E-state index in [0.717, 1.165) is 11.6 Å². The zero-order valence-electron chi connectivity index (χ0n) is 10.8. The first-order chi connectivity index (χ1) is 9.60. The van der Waals surface area contributed by atoms with E-state index in [1.165, 1.54) is 6.08 Å². The molecule has 20 heavy (non-hydrogen) atoms. The number of hydrogen-bond donors (Lipinski definition) is 2. The van der Waals surface area contributed by atoms with Crippen LogP contribution in [0.2, 0.25) is 0 Å². The first kappa shape index (κ1) is 13.6. The second kappa shape index (κ2) is 5.88. The SMILES string of the molecule is COc1cccc(-c2ccc(/C=C/C(=O)O)c(=O)[nH]2)c1. The number of hydrogen-bond acceptors (Lipinski definition) is 3. The fourth-order valence-corrected chi connectivity index (χ4v) is 1.74. The maximum Gasteiger partial charge on any atom is 0.328 e. The Balaban J connectivity index is 2.38. The van der Waals surface area contributed by atoms with Crippen LogP contribution in [0.3, 0.4) is 0 Å². The molecule has 0 radical (unpaired) electrons. The topological polar surface area (TPSA) is 79.4 Å². The third-order valence-corrected chi connectivity index (χ3v) is 2.73. The number of aromatic amines is 1. The summed E-state index contributed by atoms with van der Waals surface area (Å²) in [7, 11) is 1.57. The van der Waals surface area contributed by atoms with Gasteiger partial charge < -0.3 is 14.8 Å². The van der Waals surface area contributed by atoms with Crippen molar-refractivity contribution in [3.8, 4) is 17.0 Å². The Labute approximate surface area is 115 Å². The van der Waals surface area contributed by atoms with Crippen molar-refractivity contribution in [3.63, 3.8) is 0 Å². The summed E-state index contributed by atoms with van der Waals surface area (Å²) in [5.41, 5.74) is 1.40. The van der Waals surface area contributed by atoms with Crippen LogP contribution in [0.25, 0.3) is 17.3 Å². The van der Waals surface area contributed by atoms with Gasteiger partial charge in [-0.1, -0.05) is 12.1 Å². The zero-order valence-corrected chi connectivity index (χ0v) is 10.8. The van der Waals surface area contributed by atoms with Crippen LogP contribution in [-0.2, 0) is 4.79 Å². The summed E-state index contributed by atoms with van der Waals surface area (Å²) in [6.07, 6.45) is 2.19. The maximum absolute atomic E-state index is 11.8. The number of aliphatic carboxylic acids is 1. The predicted octanol–water partition coefficient (Wildman–Crippen LogP) is 2.15. The van der Waals surface area contributed by atoms with E-state index in [9.17, 15) is 9.59 Å². The Morgan fingerprint density at radius 2 is 2.10 bits per heavy atom. The first-order valence-electron chi connectivity index (χ1n) is 5.89. The lowest BCUT2D eigenvalue weighted by Crippen LogP contribution is -2.09. The molecule has 0 spiro atoms. The fraction of sp³-hybridized carbons (Fsp3) is 0.0667. The smallest absolute Gasteiger partial charge is 0.328 e. The Bertz CT molecular complexity index is 716. The second-order valence-corrected chi connectivity index (χ2v) is 4.06. The van der Waals surface area contributed by atoms with E-state index >= 15 is 0 Å². The molecule has 0 bridgehead atoms. The third-order valence-electron chi connectivity index (χ3n) is 2.73. The van der Waals surface area contributed by atoms with Gasteiger partial charge in [0.1, 0.15) is 5.75 Å². The number of nitrogens with one attached hydrogen (secondary N) is 1. The highest BCUT2D eigenvalue weighted by atomic mass is 16.5. The number of pyridine rings is 1. The average molecular weight is 271 g/mol. The molecule has 0 amide bonds. The molecule has 2 aromatic rings. The van der Waals surface area contributed by atoms with Crippen LogP contribution in [0.15, 0.2) is 47.3 Å².